The molecule has 0 saturated heterocycles. The Bertz CT molecular complexity index is 731. The van der Waals surface area contributed by atoms with Crippen LogP contribution in [0.3, 0.4) is 0 Å². The first kappa shape index (κ1) is 13.2. The molecule has 1 aliphatic rings. The molecule has 1 amide bonds. The standard InChI is InChI=1S/C15H14FN3O2/c1-8-4-9(16)2-3-11(8)18-12-6-13-14(5-10(12)17)21-7-15(20)19-13/h2-6,18H,7,17H2,1H3,(H,19,20). The van der Waals surface area contributed by atoms with Crippen molar-refractivity contribution in [3.63, 3.8) is 0 Å². The van der Waals surface area contributed by atoms with Crippen LogP contribution in [-0.2, 0) is 4.79 Å². The Kier molecular flexibility index (Phi) is 3.13. The van der Waals surface area contributed by atoms with Gasteiger partial charge in [0.2, 0.25) is 0 Å². The van der Waals surface area contributed by atoms with E-state index in [9.17, 15) is 9.18 Å². The summed E-state index contributed by atoms with van der Waals surface area (Å²) in [5.41, 5.74) is 9.13. The average Bonchev–Trinajstić information content (AvgIpc) is 2.43. The van der Waals surface area contributed by atoms with Gasteiger partial charge in [-0.1, -0.05) is 0 Å². The molecule has 0 unspecified atom stereocenters. The number of fused-ring (bicyclic) bond motifs is 1. The van der Waals surface area contributed by atoms with E-state index in [4.69, 9.17) is 10.5 Å². The van der Waals surface area contributed by atoms with Crippen LogP contribution in [0.15, 0.2) is 30.3 Å². The Morgan fingerprint density at radius 2 is 2.10 bits per heavy atom. The van der Waals surface area contributed by atoms with Crippen LogP contribution in [0.1, 0.15) is 5.56 Å². The molecule has 1 heterocycles. The maximum Gasteiger partial charge on any atom is 0.262 e. The van der Waals surface area contributed by atoms with Gasteiger partial charge in [0, 0.05) is 11.8 Å². The number of halogens is 1. The second kappa shape index (κ2) is 4.97. The van der Waals surface area contributed by atoms with Crippen LogP contribution in [0, 0.1) is 12.7 Å². The predicted molar refractivity (Wildman–Crippen MR) is 79.4 cm³/mol. The van der Waals surface area contributed by atoms with E-state index in [-0.39, 0.29) is 18.3 Å². The largest absolute Gasteiger partial charge is 0.482 e. The van der Waals surface area contributed by atoms with Gasteiger partial charge in [-0.25, -0.2) is 4.39 Å². The number of carbonyl (C=O) groups excluding carboxylic acids is 1. The summed E-state index contributed by atoms with van der Waals surface area (Å²) in [5, 5.41) is 5.85. The summed E-state index contributed by atoms with van der Waals surface area (Å²) >= 11 is 0. The number of nitrogens with one attached hydrogen (secondary N) is 2. The summed E-state index contributed by atoms with van der Waals surface area (Å²) in [6, 6.07) is 7.79. The van der Waals surface area contributed by atoms with Gasteiger partial charge in [0.15, 0.2) is 6.61 Å². The van der Waals surface area contributed by atoms with Crippen LogP contribution in [-0.4, -0.2) is 12.5 Å². The third kappa shape index (κ3) is 2.60. The highest BCUT2D eigenvalue weighted by atomic mass is 19.1. The van der Waals surface area contributed by atoms with Crippen LogP contribution >= 0.6 is 0 Å². The lowest BCUT2D eigenvalue weighted by Gasteiger charge is -2.20. The average molecular weight is 287 g/mol. The highest BCUT2D eigenvalue weighted by molar-refractivity contribution is 5.97. The summed E-state index contributed by atoms with van der Waals surface area (Å²) in [5.74, 6) is 0.0294. The van der Waals surface area contributed by atoms with Crippen LogP contribution < -0.4 is 21.1 Å². The zero-order valence-electron chi connectivity index (χ0n) is 11.4. The number of hydrogen-bond acceptors (Lipinski definition) is 4. The first-order valence-corrected chi connectivity index (χ1v) is 6.42. The Hall–Kier alpha value is -2.76. The predicted octanol–water partition coefficient (Wildman–Crippen LogP) is 2.79. The number of anilines is 4. The molecule has 3 rings (SSSR count). The molecule has 6 heteroatoms. The minimum Gasteiger partial charge on any atom is -0.482 e. The Morgan fingerprint density at radius 3 is 2.86 bits per heavy atom. The van der Waals surface area contributed by atoms with Crippen molar-refractivity contribution in [3.05, 3.63) is 41.7 Å². The fraction of sp³-hybridized carbons (Fsp3) is 0.133. The molecule has 2 aromatic rings. The van der Waals surface area contributed by atoms with Crippen molar-refractivity contribution in [1.29, 1.82) is 0 Å². The summed E-state index contributed by atoms with van der Waals surface area (Å²) in [4.78, 5) is 11.3. The summed E-state index contributed by atoms with van der Waals surface area (Å²) < 4.78 is 18.4. The van der Waals surface area contributed by atoms with E-state index in [0.717, 1.165) is 11.3 Å². The van der Waals surface area contributed by atoms with E-state index >= 15 is 0 Å². The van der Waals surface area contributed by atoms with E-state index in [1.807, 2.05) is 0 Å². The van der Waals surface area contributed by atoms with Crippen molar-refractivity contribution < 1.29 is 13.9 Å². The molecule has 0 atom stereocenters. The third-order valence-corrected chi connectivity index (χ3v) is 3.24. The van der Waals surface area contributed by atoms with Crippen molar-refractivity contribution in [2.24, 2.45) is 0 Å². The quantitative estimate of drug-likeness (QED) is 0.742. The van der Waals surface area contributed by atoms with Gasteiger partial charge in [0.25, 0.3) is 5.91 Å². The van der Waals surface area contributed by atoms with Crippen LogP contribution in [0.2, 0.25) is 0 Å². The molecule has 5 nitrogen and oxygen atoms in total. The van der Waals surface area contributed by atoms with Crippen molar-refractivity contribution >= 4 is 28.7 Å². The lowest BCUT2D eigenvalue weighted by Crippen LogP contribution is -2.25. The molecule has 108 valence electrons. The number of ether oxygens (including phenoxy) is 1. The Morgan fingerprint density at radius 1 is 1.29 bits per heavy atom. The third-order valence-electron chi connectivity index (χ3n) is 3.24. The maximum atomic E-state index is 13.1. The molecule has 0 fully saturated rings. The van der Waals surface area contributed by atoms with Gasteiger partial charge >= 0.3 is 0 Å². The maximum absolute atomic E-state index is 13.1. The zero-order valence-corrected chi connectivity index (χ0v) is 11.4. The normalized spacial score (nSPS) is 13.1. The number of nitrogen functional groups attached to an aromatic ring is 1. The number of hydrogen-bond donors (Lipinski definition) is 3. The topological polar surface area (TPSA) is 76.4 Å². The van der Waals surface area contributed by atoms with Gasteiger partial charge in [0.05, 0.1) is 17.1 Å². The molecular formula is C15H14FN3O2. The summed E-state index contributed by atoms with van der Waals surface area (Å²) in [7, 11) is 0. The Balaban J connectivity index is 1.95. The molecule has 0 bridgehead atoms. The minimum atomic E-state index is -0.294. The van der Waals surface area contributed by atoms with Crippen LogP contribution in [0.5, 0.6) is 5.75 Å². The fourth-order valence-electron chi connectivity index (χ4n) is 2.16. The highest BCUT2D eigenvalue weighted by Gasteiger charge is 2.18. The van der Waals surface area contributed by atoms with Crippen molar-refractivity contribution in [1.82, 2.24) is 0 Å². The smallest absolute Gasteiger partial charge is 0.262 e. The van der Waals surface area contributed by atoms with Gasteiger partial charge in [-0.15, -0.1) is 0 Å². The lowest BCUT2D eigenvalue weighted by atomic mass is 10.1. The molecule has 0 spiro atoms. The van der Waals surface area contributed by atoms with Crippen molar-refractivity contribution in [2.75, 3.05) is 23.0 Å². The second-order valence-electron chi connectivity index (χ2n) is 4.86. The molecule has 21 heavy (non-hydrogen) atoms. The monoisotopic (exact) mass is 287 g/mol. The molecule has 0 aromatic heterocycles. The summed E-state index contributed by atoms with van der Waals surface area (Å²) in [6.45, 7) is 1.78. The number of carbonyl (C=O) groups is 1. The first-order valence-electron chi connectivity index (χ1n) is 6.42. The molecule has 2 aromatic carbocycles. The van der Waals surface area contributed by atoms with Crippen LogP contribution in [0.25, 0.3) is 0 Å². The molecule has 0 aliphatic carbocycles. The van der Waals surface area contributed by atoms with Gasteiger partial charge in [-0.05, 0) is 36.8 Å². The Labute approximate surface area is 120 Å². The fourth-order valence-corrected chi connectivity index (χ4v) is 2.16. The van der Waals surface area contributed by atoms with Crippen molar-refractivity contribution in [2.45, 2.75) is 6.92 Å². The molecule has 1 aliphatic heterocycles. The number of amides is 1. The van der Waals surface area contributed by atoms with Gasteiger partial charge in [-0.3, -0.25) is 4.79 Å². The van der Waals surface area contributed by atoms with E-state index in [0.29, 0.717) is 22.8 Å². The molecule has 0 saturated carbocycles. The van der Waals surface area contributed by atoms with Crippen molar-refractivity contribution in [3.8, 4) is 5.75 Å². The molecular weight excluding hydrogens is 273 g/mol. The van der Waals surface area contributed by atoms with E-state index < -0.39 is 0 Å². The first-order chi connectivity index (χ1) is 10.0. The van der Waals surface area contributed by atoms with E-state index in [1.165, 1.54) is 12.1 Å². The second-order valence-corrected chi connectivity index (χ2v) is 4.86. The van der Waals surface area contributed by atoms with Gasteiger partial charge < -0.3 is 21.1 Å². The number of aryl methyl sites for hydroxylation is 1. The highest BCUT2D eigenvalue weighted by Crippen LogP contribution is 2.36. The number of benzene rings is 2. The van der Waals surface area contributed by atoms with Gasteiger partial charge in [0.1, 0.15) is 11.6 Å². The van der Waals surface area contributed by atoms with E-state index in [2.05, 4.69) is 10.6 Å². The van der Waals surface area contributed by atoms with E-state index in [1.54, 1.807) is 25.1 Å². The SMILES string of the molecule is Cc1cc(F)ccc1Nc1cc2c(cc1N)OCC(=O)N2. The number of nitrogens with two attached hydrogens (primary N) is 1. The van der Waals surface area contributed by atoms with Crippen LogP contribution in [0.4, 0.5) is 27.1 Å². The number of rotatable bonds is 2. The summed E-state index contributed by atoms with van der Waals surface area (Å²) in [6.07, 6.45) is 0. The van der Waals surface area contributed by atoms with Gasteiger partial charge in [-0.2, -0.15) is 0 Å². The molecule has 4 N–H and O–H groups in total. The lowest BCUT2D eigenvalue weighted by molar-refractivity contribution is -0.118. The zero-order chi connectivity index (χ0) is 15.0. The molecule has 0 radical (unpaired) electrons. The minimum absolute atomic E-state index is 0.0176.